The predicted molar refractivity (Wildman–Crippen MR) is 126 cm³/mol. The molecule has 0 aliphatic heterocycles. The third kappa shape index (κ3) is 5.56. The summed E-state index contributed by atoms with van der Waals surface area (Å²) in [5.41, 5.74) is 0.00437. The van der Waals surface area contributed by atoms with E-state index in [0.717, 1.165) is 0 Å². The maximum atomic E-state index is 14.7. The highest BCUT2D eigenvalue weighted by atomic mass is 35.5. The number of aromatic nitrogens is 5. The molecular weight excluding hydrogens is 477 g/mol. The number of ether oxygens (including phenoxy) is 1. The Bertz CT molecular complexity index is 1280. The Kier molecular flexibility index (Phi) is 6.46. The van der Waals surface area contributed by atoms with Crippen LogP contribution in [-0.2, 0) is 23.1 Å². The molecule has 0 bridgehead atoms. The summed E-state index contributed by atoms with van der Waals surface area (Å²) in [5, 5.41) is 17.5. The third-order valence-electron chi connectivity index (χ3n) is 5.32. The number of carbonyl (C=O) groups excluding carboxylic acids is 2. The number of rotatable bonds is 6. The van der Waals surface area contributed by atoms with Gasteiger partial charge in [-0.25, -0.2) is 9.18 Å². The molecule has 0 unspecified atom stereocenters. The molecule has 0 spiro atoms. The van der Waals surface area contributed by atoms with Crippen molar-refractivity contribution in [3.05, 3.63) is 47.0 Å². The lowest BCUT2D eigenvalue weighted by molar-refractivity contribution is -0.124. The molecule has 1 aliphatic rings. The maximum Gasteiger partial charge on any atom is 0.408 e. The molecule has 2 amide bonds. The summed E-state index contributed by atoms with van der Waals surface area (Å²) in [4.78, 5) is 30.4. The first-order valence-electron chi connectivity index (χ1n) is 10.9. The van der Waals surface area contributed by atoms with Crippen molar-refractivity contribution in [3.63, 3.8) is 0 Å². The molecule has 0 radical (unpaired) electrons. The summed E-state index contributed by atoms with van der Waals surface area (Å²) in [7, 11) is 1.59. The second kappa shape index (κ2) is 9.21. The van der Waals surface area contributed by atoms with Crippen molar-refractivity contribution in [2.75, 3.05) is 0 Å². The van der Waals surface area contributed by atoms with Crippen LogP contribution in [-0.4, -0.2) is 48.3 Å². The van der Waals surface area contributed by atoms with Gasteiger partial charge in [0, 0.05) is 11.8 Å². The van der Waals surface area contributed by atoms with E-state index in [1.54, 1.807) is 46.0 Å². The zero-order valence-corrected chi connectivity index (χ0v) is 20.5. The van der Waals surface area contributed by atoms with Crippen molar-refractivity contribution in [3.8, 4) is 22.5 Å². The maximum absolute atomic E-state index is 14.7. The first-order chi connectivity index (χ1) is 16.5. The second-order valence-electron chi connectivity index (χ2n) is 9.31. The zero-order chi connectivity index (χ0) is 25.4. The molecule has 0 atom stereocenters. The topological polar surface area (TPSA) is 124 Å². The van der Waals surface area contributed by atoms with E-state index in [1.165, 1.54) is 17.1 Å². The summed E-state index contributed by atoms with van der Waals surface area (Å²) in [6.07, 6.45) is 1.91. The van der Waals surface area contributed by atoms with Crippen LogP contribution in [0.25, 0.3) is 22.5 Å². The van der Waals surface area contributed by atoms with Gasteiger partial charge in [-0.2, -0.15) is 4.80 Å². The molecule has 3 aromatic rings. The van der Waals surface area contributed by atoms with Crippen molar-refractivity contribution in [1.29, 1.82) is 0 Å². The first kappa shape index (κ1) is 24.5. The van der Waals surface area contributed by atoms with Crippen LogP contribution >= 0.6 is 11.6 Å². The molecule has 1 fully saturated rings. The number of pyridine rings is 1. The van der Waals surface area contributed by atoms with Gasteiger partial charge in [0.15, 0.2) is 0 Å². The lowest BCUT2D eigenvalue weighted by Gasteiger charge is -2.23. The highest BCUT2D eigenvalue weighted by molar-refractivity contribution is 6.31. The SMILES string of the molecule is Cn1nnc(-c2c(F)cccc2-c2cnc(CNC(=O)C3(NC(=O)OC(C)(C)C)CC3)c(Cl)c2)n1. The van der Waals surface area contributed by atoms with Crippen molar-refractivity contribution >= 4 is 23.6 Å². The van der Waals surface area contributed by atoms with Gasteiger partial charge in [-0.1, -0.05) is 23.7 Å². The number of hydrogen-bond acceptors (Lipinski definition) is 7. The smallest absolute Gasteiger partial charge is 0.408 e. The Hall–Kier alpha value is -3.60. The largest absolute Gasteiger partial charge is 0.444 e. The minimum absolute atomic E-state index is 0.0530. The number of amides is 2. The lowest BCUT2D eigenvalue weighted by Crippen LogP contribution is -2.50. The number of hydrogen-bond donors (Lipinski definition) is 2. The number of nitrogens with one attached hydrogen (secondary N) is 2. The third-order valence-corrected chi connectivity index (χ3v) is 5.64. The van der Waals surface area contributed by atoms with Crippen molar-refractivity contribution in [2.24, 2.45) is 7.05 Å². The van der Waals surface area contributed by atoms with Crippen LogP contribution in [0.1, 0.15) is 39.3 Å². The Morgan fingerprint density at radius 2 is 2.03 bits per heavy atom. The van der Waals surface area contributed by atoms with Gasteiger partial charge in [-0.15, -0.1) is 10.2 Å². The van der Waals surface area contributed by atoms with E-state index in [2.05, 4.69) is 31.0 Å². The van der Waals surface area contributed by atoms with Crippen molar-refractivity contribution < 1.29 is 18.7 Å². The number of halogens is 2. The van der Waals surface area contributed by atoms with E-state index in [0.29, 0.717) is 29.7 Å². The van der Waals surface area contributed by atoms with Crippen LogP contribution in [0.2, 0.25) is 5.02 Å². The zero-order valence-electron chi connectivity index (χ0n) is 19.7. The molecule has 12 heteroatoms. The summed E-state index contributed by atoms with van der Waals surface area (Å²) in [5.74, 6) is -0.707. The number of alkyl carbamates (subject to hydrolysis) is 1. The molecule has 4 rings (SSSR count). The van der Waals surface area contributed by atoms with Gasteiger partial charge in [0.25, 0.3) is 0 Å². The van der Waals surface area contributed by atoms with E-state index in [-0.39, 0.29) is 28.9 Å². The fourth-order valence-corrected chi connectivity index (χ4v) is 3.72. The quantitative estimate of drug-likeness (QED) is 0.530. The van der Waals surface area contributed by atoms with E-state index < -0.39 is 23.1 Å². The molecular formula is C23H25ClFN7O3. The first-order valence-corrected chi connectivity index (χ1v) is 11.3. The van der Waals surface area contributed by atoms with E-state index in [4.69, 9.17) is 16.3 Å². The molecule has 184 valence electrons. The number of tetrazole rings is 1. The van der Waals surface area contributed by atoms with Crippen LogP contribution in [0.15, 0.2) is 30.5 Å². The van der Waals surface area contributed by atoms with Crippen LogP contribution in [0.4, 0.5) is 9.18 Å². The van der Waals surface area contributed by atoms with E-state index in [1.807, 2.05) is 0 Å². The summed E-state index contributed by atoms with van der Waals surface area (Å²) in [6.45, 7) is 5.30. The van der Waals surface area contributed by atoms with Gasteiger partial charge in [0.2, 0.25) is 11.7 Å². The molecule has 2 heterocycles. The fraction of sp³-hybridized carbons (Fsp3) is 0.391. The van der Waals surface area contributed by atoms with E-state index >= 15 is 0 Å². The summed E-state index contributed by atoms with van der Waals surface area (Å²) >= 11 is 6.45. The van der Waals surface area contributed by atoms with Gasteiger partial charge >= 0.3 is 6.09 Å². The molecule has 2 N–H and O–H groups in total. The minimum atomic E-state index is -0.991. The average Bonchev–Trinajstić information content (AvgIpc) is 3.42. The van der Waals surface area contributed by atoms with Crippen LogP contribution in [0.5, 0.6) is 0 Å². The lowest BCUT2D eigenvalue weighted by atomic mass is 10.00. The average molecular weight is 502 g/mol. The minimum Gasteiger partial charge on any atom is -0.444 e. The van der Waals surface area contributed by atoms with Crippen molar-refractivity contribution in [1.82, 2.24) is 35.8 Å². The standard InChI is InChI=1S/C23H25ClFN7O3/c1-22(2,3)35-21(34)28-23(8-9-23)20(33)27-12-17-15(24)10-13(11-26-17)14-6-5-7-16(25)18(14)19-29-31-32(4)30-19/h5-7,10-11H,8-9,12H2,1-4H3,(H,27,33)(H,28,34). The molecule has 1 saturated carbocycles. The number of benzene rings is 1. The highest BCUT2D eigenvalue weighted by Crippen LogP contribution is 2.36. The van der Waals surface area contributed by atoms with Gasteiger partial charge in [-0.05, 0) is 56.5 Å². The van der Waals surface area contributed by atoms with Gasteiger partial charge in [-0.3, -0.25) is 9.78 Å². The molecule has 10 nitrogen and oxygen atoms in total. The fourth-order valence-electron chi connectivity index (χ4n) is 3.49. The summed E-state index contributed by atoms with van der Waals surface area (Å²) < 4.78 is 19.9. The molecule has 35 heavy (non-hydrogen) atoms. The van der Waals surface area contributed by atoms with Crippen LogP contribution in [0.3, 0.4) is 0 Å². The molecule has 1 aromatic carbocycles. The Labute approximate surface area is 206 Å². The Balaban J connectivity index is 1.47. The number of carbonyl (C=O) groups is 2. The predicted octanol–water partition coefficient (Wildman–Crippen LogP) is 3.41. The molecule has 0 saturated heterocycles. The van der Waals surface area contributed by atoms with Crippen molar-refractivity contribution in [2.45, 2.75) is 51.3 Å². The molecule has 2 aromatic heterocycles. The van der Waals surface area contributed by atoms with Gasteiger partial charge < -0.3 is 15.4 Å². The number of nitrogens with zero attached hydrogens (tertiary/aromatic N) is 5. The van der Waals surface area contributed by atoms with Crippen LogP contribution in [0, 0.1) is 5.82 Å². The van der Waals surface area contributed by atoms with Gasteiger partial charge in [0.05, 0.1) is 29.9 Å². The van der Waals surface area contributed by atoms with Gasteiger partial charge in [0.1, 0.15) is 17.0 Å². The monoisotopic (exact) mass is 501 g/mol. The highest BCUT2D eigenvalue weighted by Gasteiger charge is 2.51. The normalized spacial score (nSPS) is 14.3. The van der Waals surface area contributed by atoms with E-state index in [9.17, 15) is 14.0 Å². The Morgan fingerprint density at radius 3 is 2.63 bits per heavy atom. The second-order valence-corrected chi connectivity index (χ2v) is 9.72. The summed E-state index contributed by atoms with van der Waals surface area (Å²) in [6, 6.07) is 6.23. The molecule has 1 aliphatic carbocycles. The van der Waals surface area contributed by atoms with Crippen LogP contribution < -0.4 is 10.6 Å². The Morgan fingerprint density at radius 1 is 1.29 bits per heavy atom. The number of aryl methyl sites for hydroxylation is 1.